The van der Waals surface area contributed by atoms with Gasteiger partial charge in [-0.1, -0.05) is 0 Å². The fourth-order valence-corrected chi connectivity index (χ4v) is 2.39. The molecule has 0 unspecified atom stereocenters. The van der Waals surface area contributed by atoms with Crippen molar-refractivity contribution < 1.29 is 28.9 Å². The molecule has 0 saturated carbocycles. The summed E-state index contributed by atoms with van der Waals surface area (Å²) in [7, 11) is 0. The second kappa shape index (κ2) is 6.19. The molecular weight excluding hydrogens is 279 g/mol. The van der Waals surface area contributed by atoms with Crippen molar-refractivity contribution in [3.8, 4) is 0 Å². The zero-order valence-electron chi connectivity index (χ0n) is 12.0. The first-order valence-corrected chi connectivity index (χ1v) is 6.76. The molecule has 2 rings (SSSR count). The van der Waals surface area contributed by atoms with E-state index in [0.717, 1.165) is 0 Å². The van der Waals surface area contributed by atoms with Gasteiger partial charge in [-0.2, -0.15) is 0 Å². The average Bonchev–Trinajstić information content (AvgIpc) is 2.73. The monoisotopic (exact) mass is 298 g/mol. The van der Waals surface area contributed by atoms with Crippen molar-refractivity contribution in [2.45, 2.75) is 44.4 Å². The van der Waals surface area contributed by atoms with Crippen LogP contribution in [0.25, 0.3) is 0 Å². The van der Waals surface area contributed by atoms with Crippen LogP contribution in [0.3, 0.4) is 0 Å². The third-order valence-corrected chi connectivity index (χ3v) is 3.34. The van der Waals surface area contributed by atoms with E-state index >= 15 is 0 Å². The van der Waals surface area contributed by atoms with E-state index in [0.29, 0.717) is 5.56 Å². The first-order chi connectivity index (χ1) is 9.82. The largest absolute Gasteiger partial charge is 0.394 e. The number of ketones is 1. The molecule has 0 radical (unpaired) electrons. The predicted molar refractivity (Wildman–Crippen MR) is 72.3 cm³/mol. The van der Waals surface area contributed by atoms with Crippen LogP contribution in [0.4, 0.5) is 4.39 Å². The molecular formula is C15H19FO5. The fourth-order valence-electron chi connectivity index (χ4n) is 2.39. The maximum Gasteiger partial charge on any atom is 0.165 e. The highest BCUT2D eigenvalue weighted by atomic mass is 19.1. The molecule has 0 bridgehead atoms. The van der Waals surface area contributed by atoms with Crippen LogP contribution >= 0.6 is 0 Å². The second-order valence-electron chi connectivity index (χ2n) is 5.52. The molecule has 3 atom stereocenters. The minimum Gasteiger partial charge on any atom is -0.394 e. The van der Waals surface area contributed by atoms with Crippen LogP contribution in [0.2, 0.25) is 0 Å². The number of hydrogen-bond donors (Lipinski definition) is 2. The maximum absolute atomic E-state index is 12.9. The zero-order valence-corrected chi connectivity index (χ0v) is 12.0. The SMILES string of the molecule is CC1(C)O[C@H]([C@H](O)CO)[C@@H](CC(=O)c2ccc(F)cc2)O1. The van der Waals surface area contributed by atoms with Gasteiger partial charge >= 0.3 is 0 Å². The lowest BCUT2D eigenvalue weighted by atomic mass is 9.99. The summed E-state index contributed by atoms with van der Waals surface area (Å²) in [6.45, 7) is 2.87. The molecule has 21 heavy (non-hydrogen) atoms. The highest BCUT2D eigenvalue weighted by molar-refractivity contribution is 5.96. The van der Waals surface area contributed by atoms with Crippen LogP contribution in [0, 0.1) is 5.82 Å². The fraction of sp³-hybridized carbons (Fsp3) is 0.533. The van der Waals surface area contributed by atoms with Gasteiger partial charge in [0.2, 0.25) is 0 Å². The van der Waals surface area contributed by atoms with Gasteiger partial charge in [0.25, 0.3) is 0 Å². The highest BCUT2D eigenvalue weighted by Crippen LogP contribution is 2.32. The number of ether oxygens (including phenoxy) is 2. The Morgan fingerprint density at radius 2 is 1.95 bits per heavy atom. The molecule has 1 aliphatic heterocycles. The summed E-state index contributed by atoms with van der Waals surface area (Å²) >= 11 is 0. The van der Waals surface area contributed by atoms with E-state index in [2.05, 4.69) is 0 Å². The molecule has 6 heteroatoms. The number of carbonyl (C=O) groups is 1. The summed E-state index contributed by atoms with van der Waals surface area (Å²) in [5.41, 5.74) is 0.363. The number of hydrogen-bond acceptors (Lipinski definition) is 5. The Morgan fingerprint density at radius 3 is 2.52 bits per heavy atom. The first-order valence-electron chi connectivity index (χ1n) is 6.76. The molecule has 5 nitrogen and oxygen atoms in total. The zero-order chi connectivity index (χ0) is 15.6. The van der Waals surface area contributed by atoms with Crippen LogP contribution in [0.15, 0.2) is 24.3 Å². The quantitative estimate of drug-likeness (QED) is 0.801. The van der Waals surface area contributed by atoms with Crippen molar-refractivity contribution >= 4 is 5.78 Å². The van der Waals surface area contributed by atoms with Crippen LogP contribution in [-0.2, 0) is 9.47 Å². The molecule has 0 amide bonds. The van der Waals surface area contributed by atoms with Crippen molar-refractivity contribution in [1.29, 1.82) is 0 Å². The molecule has 2 N–H and O–H groups in total. The second-order valence-corrected chi connectivity index (χ2v) is 5.52. The summed E-state index contributed by atoms with van der Waals surface area (Å²) in [5, 5.41) is 18.8. The van der Waals surface area contributed by atoms with Crippen molar-refractivity contribution in [1.82, 2.24) is 0 Å². The Morgan fingerprint density at radius 1 is 1.33 bits per heavy atom. The number of carbonyl (C=O) groups excluding carboxylic acids is 1. The smallest absolute Gasteiger partial charge is 0.165 e. The van der Waals surface area contributed by atoms with Crippen molar-refractivity contribution in [3.63, 3.8) is 0 Å². The normalized spacial score (nSPS) is 25.8. The average molecular weight is 298 g/mol. The van der Waals surface area contributed by atoms with E-state index in [4.69, 9.17) is 14.6 Å². The van der Waals surface area contributed by atoms with Crippen LogP contribution in [-0.4, -0.2) is 46.7 Å². The summed E-state index contributed by atoms with van der Waals surface area (Å²) < 4.78 is 24.0. The van der Waals surface area contributed by atoms with E-state index in [1.807, 2.05) is 0 Å². The predicted octanol–water partition coefficient (Wildman–Crippen LogP) is 1.27. The lowest BCUT2D eigenvalue weighted by Crippen LogP contribution is -2.38. The molecule has 0 aromatic heterocycles. The Kier molecular flexibility index (Phi) is 4.73. The molecule has 1 aromatic carbocycles. The van der Waals surface area contributed by atoms with E-state index < -0.39 is 36.5 Å². The van der Waals surface area contributed by atoms with E-state index in [1.54, 1.807) is 13.8 Å². The molecule has 1 aliphatic rings. The number of aliphatic hydroxyl groups excluding tert-OH is 2. The van der Waals surface area contributed by atoms with Gasteiger partial charge < -0.3 is 19.7 Å². The number of aliphatic hydroxyl groups is 2. The Bertz CT molecular complexity index is 499. The van der Waals surface area contributed by atoms with Crippen LogP contribution in [0.5, 0.6) is 0 Å². The summed E-state index contributed by atoms with van der Waals surface area (Å²) in [6.07, 6.45) is -2.59. The van der Waals surface area contributed by atoms with Gasteiger partial charge in [-0.25, -0.2) is 4.39 Å². The van der Waals surface area contributed by atoms with Crippen molar-refractivity contribution in [2.75, 3.05) is 6.61 Å². The van der Waals surface area contributed by atoms with Crippen molar-refractivity contribution in [3.05, 3.63) is 35.6 Å². The summed E-state index contributed by atoms with van der Waals surface area (Å²) in [5.74, 6) is -1.59. The number of Topliss-reactive ketones (excluding diaryl/α,β-unsaturated/α-hetero) is 1. The molecule has 1 heterocycles. The lowest BCUT2D eigenvalue weighted by Gasteiger charge is -2.20. The van der Waals surface area contributed by atoms with Gasteiger partial charge in [0.15, 0.2) is 11.6 Å². The van der Waals surface area contributed by atoms with E-state index in [9.17, 15) is 14.3 Å². The first kappa shape index (κ1) is 16.0. The van der Waals surface area contributed by atoms with Gasteiger partial charge in [-0.3, -0.25) is 4.79 Å². The molecule has 0 spiro atoms. The third kappa shape index (κ3) is 3.85. The minimum absolute atomic E-state index is 0.0171. The van der Waals surface area contributed by atoms with E-state index in [1.165, 1.54) is 24.3 Å². The van der Waals surface area contributed by atoms with E-state index in [-0.39, 0.29) is 12.2 Å². The summed E-state index contributed by atoms with van der Waals surface area (Å²) in [6, 6.07) is 5.22. The maximum atomic E-state index is 12.9. The van der Waals surface area contributed by atoms with Crippen LogP contribution in [0.1, 0.15) is 30.6 Å². The standard InChI is InChI=1S/C15H19FO5/c1-15(2)20-13(14(21-15)12(19)8-17)7-11(18)9-3-5-10(16)6-4-9/h3-6,12-14,17,19H,7-8H2,1-2H3/t12-,13-,14-/m1/s1. The molecule has 1 saturated heterocycles. The Labute approximate surface area is 122 Å². The third-order valence-electron chi connectivity index (χ3n) is 3.34. The molecule has 1 fully saturated rings. The number of rotatable bonds is 5. The Balaban J connectivity index is 2.09. The van der Waals surface area contributed by atoms with Gasteiger partial charge in [-0.15, -0.1) is 0 Å². The van der Waals surface area contributed by atoms with Gasteiger partial charge in [0.05, 0.1) is 12.7 Å². The molecule has 1 aromatic rings. The number of halogens is 1. The summed E-state index contributed by atoms with van der Waals surface area (Å²) in [4.78, 5) is 12.2. The van der Waals surface area contributed by atoms with Gasteiger partial charge in [0.1, 0.15) is 18.0 Å². The minimum atomic E-state index is -1.13. The highest BCUT2D eigenvalue weighted by Gasteiger charge is 2.45. The van der Waals surface area contributed by atoms with Gasteiger partial charge in [-0.05, 0) is 38.1 Å². The lowest BCUT2D eigenvalue weighted by molar-refractivity contribution is -0.157. The van der Waals surface area contributed by atoms with Crippen LogP contribution < -0.4 is 0 Å². The molecule has 0 aliphatic carbocycles. The molecule has 116 valence electrons. The van der Waals surface area contributed by atoms with Gasteiger partial charge in [0, 0.05) is 12.0 Å². The Hall–Kier alpha value is -1.34. The number of benzene rings is 1. The topological polar surface area (TPSA) is 76.0 Å². The van der Waals surface area contributed by atoms with Crippen molar-refractivity contribution in [2.24, 2.45) is 0 Å².